The molecular weight excluding hydrogens is 578 g/mol. The molecule has 2 amide bonds. The number of hydrogen-bond acceptors (Lipinski definition) is 5. The number of nitrogens with one attached hydrogen (secondary N) is 3. The minimum atomic E-state index is -1.32. The number of fused-ring (bicyclic) bond motifs is 3. The van der Waals surface area contributed by atoms with Crippen molar-refractivity contribution in [2.45, 2.75) is 68.9 Å². The number of amides is 2. The zero-order valence-corrected chi connectivity index (χ0v) is 24.8. The molecule has 2 aromatic carbocycles. The van der Waals surface area contributed by atoms with Crippen molar-refractivity contribution in [3.05, 3.63) is 87.3 Å². The first-order valence-electron chi connectivity index (χ1n) is 14.2. The number of anilines is 2. The minimum absolute atomic E-state index is 0.0541. The highest BCUT2D eigenvalue weighted by atomic mass is 35.5. The molecule has 6 rings (SSSR count). The third-order valence-electron chi connectivity index (χ3n) is 9.13. The summed E-state index contributed by atoms with van der Waals surface area (Å²) < 4.78 is 16.0. The fraction of sp³-hybridized carbons (Fsp3) is 0.375. The smallest absolute Gasteiger partial charge is 0.243 e. The van der Waals surface area contributed by atoms with Crippen LogP contribution in [0.4, 0.5) is 15.9 Å². The van der Waals surface area contributed by atoms with E-state index < -0.39 is 34.6 Å². The third-order valence-corrected chi connectivity index (χ3v) is 9.66. The Bertz CT molecular complexity index is 1590. The predicted octanol–water partition coefficient (Wildman–Crippen LogP) is 6.65. The van der Waals surface area contributed by atoms with Crippen molar-refractivity contribution < 1.29 is 18.8 Å². The van der Waals surface area contributed by atoms with E-state index in [0.29, 0.717) is 34.7 Å². The molecule has 0 bridgehead atoms. The van der Waals surface area contributed by atoms with E-state index in [-0.39, 0.29) is 34.0 Å². The molecule has 1 saturated heterocycles. The van der Waals surface area contributed by atoms with E-state index in [1.54, 1.807) is 50.2 Å². The molecule has 7 nitrogen and oxygen atoms in total. The molecule has 3 heterocycles. The lowest BCUT2D eigenvalue weighted by Gasteiger charge is -2.47. The Morgan fingerprint density at radius 1 is 1.07 bits per heavy atom. The van der Waals surface area contributed by atoms with E-state index in [1.807, 2.05) is 6.07 Å². The van der Waals surface area contributed by atoms with Crippen LogP contribution in [-0.2, 0) is 15.0 Å². The second kappa shape index (κ2) is 10.7. The van der Waals surface area contributed by atoms with Crippen LogP contribution in [0.2, 0.25) is 10.0 Å². The van der Waals surface area contributed by atoms with Crippen LogP contribution in [0.15, 0.2) is 54.7 Å². The topological polar surface area (TPSA) is 100 Å². The summed E-state index contributed by atoms with van der Waals surface area (Å²) in [5, 5.41) is 9.83. The van der Waals surface area contributed by atoms with Gasteiger partial charge in [-0.1, -0.05) is 74.5 Å². The highest BCUT2D eigenvalue weighted by Gasteiger charge is 2.72. The van der Waals surface area contributed by atoms with E-state index in [1.165, 1.54) is 12.3 Å². The van der Waals surface area contributed by atoms with Gasteiger partial charge in [0.15, 0.2) is 5.78 Å². The Labute approximate surface area is 253 Å². The summed E-state index contributed by atoms with van der Waals surface area (Å²) in [6.07, 6.45) is 5.36. The van der Waals surface area contributed by atoms with Gasteiger partial charge in [-0.25, -0.2) is 9.37 Å². The molecule has 2 fully saturated rings. The molecule has 2 spiro atoms. The molecular formula is C32H31Cl2FN4O3. The number of nitrogens with zero attached hydrogens (tertiary/aromatic N) is 1. The molecule has 3 N–H and O–H groups in total. The Morgan fingerprint density at radius 2 is 1.83 bits per heavy atom. The summed E-state index contributed by atoms with van der Waals surface area (Å²) in [6.45, 7) is 3.61. The SMILES string of the molecule is CC(C)C(=O)c1ccc(NC(=O)[C@@H]2NC3(CCCCC3)[C@@]3(C(=O)Nc4cc(Cl)ccc43)[C@H]2c2cccc(Cl)c2F)nc1. The predicted molar refractivity (Wildman–Crippen MR) is 161 cm³/mol. The van der Waals surface area contributed by atoms with Crippen molar-refractivity contribution in [1.29, 1.82) is 0 Å². The molecule has 218 valence electrons. The average molecular weight is 610 g/mol. The summed E-state index contributed by atoms with van der Waals surface area (Å²) in [7, 11) is 0. The van der Waals surface area contributed by atoms with Crippen LogP contribution in [0.5, 0.6) is 0 Å². The largest absolute Gasteiger partial charge is 0.325 e. The maximum atomic E-state index is 16.0. The molecule has 1 aromatic heterocycles. The highest BCUT2D eigenvalue weighted by molar-refractivity contribution is 6.31. The molecule has 10 heteroatoms. The zero-order chi connectivity index (χ0) is 29.8. The molecule has 2 aliphatic heterocycles. The molecule has 1 saturated carbocycles. The number of halogens is 3. The van der Waals surface area contributed by atoms with Gasteiger partial charge in [0.05, 0.1) is 11.1 Å². The summed E-state index contributed by atoms with van der Waals surface area (Å²) >= 11 is 12.6. The number of aromatic nitrogens is 1. The van der Waals surface area contributed by atoms with Crippen molar-refractivity contribution in [2.24, 2.45) is 5.92 Å². The van der Waals surface area contributed by atoms with Gasteiger partial charge < -0.3 is 10.6 Å². The summed E-state index contributed by atoms with van der Waals surface area (Å²) in [6, 6.07) is 12.1. The normalized spacial score (nSPS) is 24.2. The van der Waals surface area contributed by atoms with Crippen LogP contribution in [0, 0.1) is 11.7 Å². The Kier molecular flexibility index (Phi) is 7.36. The number of rotatable bonds is 5. The van der Waals surface area contributed by atoms with Crippen LogP contribution in [0.1, 0.15) is 73.4 Å². The average Bonchev–Trinajstić information content (AvgIpc) is 3.42. The Balaban J connectivity index is 1.50. The molecule has 3 atom stereocenters. The molecule has 3 aliphatic rings. The van der Waals surface area contributed by atoms with Gasteiger partial charge >= 0.3 is 0 Å². The van der Waals surface area contributed by atoms with Crippen LogP contribution in [0.3, 0.4) is 0 Å². The van der Waals surface area contributed by atoms with E-state index in [9.17, 15) is 14.4 Å². The first kappa shape index (κ1) is 28.8. The van der Waals surface area contributed by atoms with Crippen LogP contribution >= 0.6 is 23.2 Å². The van der Waals surface area contributed by atoms with Gasteiger partial charge in [-0.05, 0) is 54.3 Å². The fourth-order valence-electron chi connectivity index (χ4n) is 7.37. The number of carbonyl (C=O) groups is 3. The Hall–Kier alpha value is -3.33. The van der Waals surface area contributed by atoms with Crippen molar-refractivity contribution in [3.8, 4) is 0 Å². The van der Waals surface area contributed by atoms with Crippen LogP contribution in [-0.4, -0.2) is 34.2 Å². The lowest BCUT2D eigenvalue weighted by molar-refractivity contribution is -0.124. The van der Waals surface area contributed by atoms with Gasteiger partial charge in [0, 0.05) is 39.8 Å². The number of pyridine rings is 1. The molecule has 42 heavy (non-hydrogen) atoms. The molecule has 0 unspecified atom stereocenters. The maximum Gasteiger partial charge on any atom is 0.243 e. The summed E-state index contributed by atoms with van der Waals surface area (Å²) in [5.74, 6) is -2.38. The summed E-state index contributed by atoms with van der Waals surface area (Å²) in [4.78, 5) is 45.2. The van der Waals surface area contributed by atoms with Gasteiger partial charge in [-0.15, -0.1) is 0 Å². The first-order valence-corrected chi connectivity index (χ1v) is 15.0. The second-order valence-electron chi connectivity index (χ2n) is 11.8. The minimum Gasteiger partial charge on any atom is -0.325 e. The van der Waals surface area contributed by atoms with Gasteiger partial charge in [-0.3, -0.25) is 19.7 Å². The molecule has 1 aliphatic carbocycles. The highest BCUT2D eigenvalue weighted by Crippen LogP contribution is 2.62. The number of hydrogen-bond donors (Lipinski definition) is 3. The molecule has 0 radical (unpaired) electrons. The Morgan fingerprint density at radius 3 is 2.52 bits per heavy atom. The standard InChI is InChI=1S/C32H31Cl2FN4O3/c1-17(2)28(40)18-9-12-24(36-16-18)38-29(41)27-25(20-7-6-8-22(34)26(20)35)32(31(39-27)13-4-3-5-14-31)21-11-10-19(33)15-23(21)37-30(32)42/h6-12,15-17,25,27,39H,3-5,13-14H2,1-2H3,(H,37,42)(H,36,38,41)/t25-,27+,32+/m0/s1. The van der Waals surface area contributed by atoms with E-state index >= 15 is 4.39 Å². The maximum absolute atomic E-state index is 16.0. The van der Waals surface area contributed by atoms with E-state index in [0.717, 1.165) is 19.3 Å². The quantitative estimate of drug-likeness (QED) is 0.281. The van der Waals surface area contributed by atoms with E-state index in [2.05, 4.69) is 20.9 Å². The first-order chi connectivity index (χ1) is 20.1. The van der Waals surface area contributed by atoms with Crippen molar-refractivity contribution in [3.63, 3.8) is 0 Å². The van der Waals surface area contributed by atoms with Gasteiger partial charge in [0.25, 0.3) is 0 Å². The van der Waals surface area contributed by atoms with Gasteiger partial charge in [-0.2, -0.15) is 0 Å². The fourth-order valence-corrected chi connectivity index (χ4v) is 7.72. The summed E-state index contributed by atoms with van der Waals surface area (Å²) in [5.41, 5.74) is -0.292. The third kappa shape index (κ3) is 4.34. The van der Waals surface area contributed by atoms with Crippen molar-refractivity contribution >= 4 is 52.3 Å². The zero-order valence-electron chi connectivity index (χ0n) is 23.3. The number of carbonyl (C=O) groups excluding carboxylic acids is 3. The second-order valence-corrected chi connectivity index (χ2v) is 12.6. The van der Waals surface area contributed by atoms with Gasteiger partial charge in [0.2, 0.25) is 11.8 Å². The van der Waals surface area contributed by atoms with E-state index in [4.69, 9.17) is 23.2 Å². The lowest BCUT2D eigenvalue weighted by Crippen LogP contribution is -2.60. The van der Waals surface area contributed by atoms with Crippen LogP contribution in [0.25, 0.3) is 0 Å². The van der Waals surface area contributed by atoms with Gasteiger partial charge in [0.1, 0.15) is 17.1 Å². The molecule has 3 aromatic rings. The lowest BCUT2D eigenvalue weighted by atomic mass is 9.55. The van der Waals surface area contributed by atoms with Crippen molar-refractivity contribution in [1.82, 2.24) is 10.3 Å². The van der Waals surface area contributed by atoms with Crippen LogP contribution < -0.4 is 16.0 Å². The number of benzene rings is 2. The monoisotopic (exact) mass is 608 g/mol. The number of Topliss-reactive ketones (excluding diaryl/α,β-unsaturated/α-hetero) is 1. The van der Waals surface area contributed by atoms with Crippen molar-refractivity contribution in [2.75, 3.05) is 10.6 Å². The number of ketones is 1.